The molecular weight excluding hydrogens is 578 g/mol. The van der Waals surface area contributed by atoms with Crippen molar-refractivity contribution in [1.82, 2.24) is 0 Å². The monoisotopic (exact) mass is 591 g/mol. The van der Waals surface area contributed by atoms with Gasteiger partial charge in [-0.3, -0.25) is 14.9 Å². The minimum atomic E-state index is -4.14. The molecule has 0 atom stereocenters. The Morgan fingerprint density at radius 3 is 2.44 bits per heavy atom. The van der Waals surface area contributed by atoms with E-state index in [4.69, 9.17) is 20.5 Å². The fourth-order valence-corrected chi connectivity index (χ4v) is 4.55. The van der Waals surface area contributed by atoms with Crippen LogP contribution >= 0.6 is 27.5 Å². The maximum absolute atomic E-state index is 12.6. The summed E-state index contributed by atoms with van der Waals surface area (Å²) in [6.07, 6.45) is 1.26. The van der Waals surface area contributed by atoms with Crippen LogP contribution in [0.2, 0.25) is 5.02 Å². The molecule has 0 spiro atoms. The molecule has 0 aliphatic carbocycles. The van der Waals surface area contributed by atoms with Gasteiger partial charge in [-0.25, -0.2) is 0 Å². The highest BCUT2D eigenvalue weighted by Gasteiger charge is 2.19. The number of halogens is 2. The van der Waals surface area contributed by atoms with Gasteiger partial charge in [-0.2, -0.15) is 13.7 Å². The number of anilines is 1. The van der Waals surface area contributed by atoms with E-state index in [9.17, 15) is 28.6 Å². The Bertz CT molecular complexity index is 1520. The van der Waals surface area contributed by atoms with E-state index >= 15 is 0 Å². The molecule has 0 aliphatic heterocycles. The first-order valence-electron chi connectivity index (χ1n) is 9.79. The third kappa shape index (κ3) is 6.39. The Hall–Kier alpha value is -3.92. The van der Waals surface area contributed by atoms with Crippen LogP contribution in [-0.2, 0) is 14.9 Å². The number of nitriles is 1. The summed E-state index contributed by atoms with van der Waals surface area (Å²) < 4.78 is 35.6. The van der Waals surface area contributed by atoms with E-state index in [0.29, 0.717) is 11.3 Å². The zero-order valence-corrected chi connectivity index (χ0v) is 21.4. The smallest absolute Gasteiger partial charge is 0.339 e. The van der Waals surface area contributed by atoms with Gasteiger partial charge in [0, 0.05) is 11.8 Å². The first-order valence-corrected chi connectivity index (χ1v) is 12.4. The first kappa shape index (κ1) is 26.7. The number of nitrogens with zero attached hydrogens (tertiary/aromatic N) is 2. The van der Waals surface area contributed by atoms with E-state index in [1.165, 1.54) is 67.8 Å². The van der Waals surface area contributed by atoms with Gasteiger partial charge in [0.1, 0.15) is 27.3 Å². The highest BCUT2D eigenvalue weighted by atomic mass is 79.9. The summed E-state index contributed by atoms with van der Waals surface area (Å²) in [5, 5.41) is 22.8. The molecule has 1 N–H and O–H groups in total. The van der Waals surface area contributed by atoms with Crippen molar-refractivity contribution in [2.75, 3.05) is 12.4 Å². The molecule has 36 heavy (non-hydrogen) atoms. The molecule has 1 amide bonds. The molecule has 13 heteroatoms. The number of carbonyl (C=O) groups excluding carboxylic acids is 1. The van der Waals surface area contributed by atoms with Crippen LogP contribution in [0.4, 0.5) is 11.4 Å². The summed E-state index contributed by atoms with van der Waals surface area (Å²) in [7, 11) is -2.68. The number of nitro groups is 1. The van der Waals surface area contributed by atoms with Gasteiger partial charge in [-0.05, 0) is 76.1 Å². The van der Waals surface area contributed by atoms with Gasteiger partial charge in [0.15, 0.2) is 5.75 Å². The number of methoxy groups -OCH3 is 1. The number of carbonyl (C=O) groups is 1. The van der Waals surface area contributed by atoms with Gasteiger partial charge in [0.05, 0.1) is 16.5 Å². The second-order valence-electron chi connectivity index (χ2n) is 6.95. The van der Waals surface area contributed by atoms with Gasteiger partial charge in [0.2, 0.25) is 0 Å². The maximum atomic E-state index is 12.6. The summed E-state index contributed by atoms with van der Waals surface area (Å²) in [5.41, 5.74) is -0.254. The largest absolute Gasteiger partial charge is 0.497 e. The number of benzene rings is 3. The van der Waals surface area contributed by atoms with E-state index in [1.807, 2.05) is 0 Å². The number of hydrogen-bond donors (Lipinski definition) is 1. The lowest BCUT2D eigenvalue weighted by Gasteiger charge is -2.10. The van der Waals surface area contributed by atoms with Crippen molar-refractivity contribution in [3.05, 3.63) is 91.4 Å². The number of amides is 1. The highest BCUT2D eigenvalue weighted by molar-refractivity contribution is 9.10. The molecule has 10 nitrogen and oxygen atoms in total. The molecule has 0 bridgehead atoms. The number of rotatable bonds is 8. The molecule has 0 heterocycles. The Balaban J connectivity index is 1.79. The van der Waals surface area contributed by atoms with E-state index in [2.05, 4.69) is 21.2 Å². The van der Waals surface area contributed by atoms with Crippen LogP contribution in [-0.4, -0.2) is 26.4 Å². The standard InChI is InChI=1S/C23H15BrClN3O7S/c1-34-17-4-6-18(7-5-17)36(32,33)35-22-9-2-14(11-19(22)24)10-15(13-26)23(29)27-16-3-8-20(25)21(12-16)28(30)31/h2-12H,1H3,(H,27,29)/b15-10+. The summed E-state index contributed by atoms with van der Waals surface area (Å²) in [6, 6.07) is 15.3. The van der Waals surface area contributed by atoms with Crippen LogP contribution < -0.4 is 14.2 Å². The molecule has 3 aromatic rings. The number of hydrogen-bond acceptors (Lipinski definition) is 8. The third-order valence-corrected chi connectivity index (χ3v) is 6.77. The summed E-state index contributed by atoms with van der Waals surface area (Å²) in [5.74, 6) is -0.343. The predicted molar refractivity (Wildman–Crippen MR) is 135 cm³/mol. The molecule has 0 unspecified atom stereocenters. The van der Waals surface area contributed by atoms with Crippen molar-refractivity contribution in [2.45, 2.75) is 4.90 Å². The van der Waals surface area contributed by atoms with Crippen molar-refractivity contribution < 1.29 is 27.1 Å². The third-order valence-electron chi connectivity index (χ3n) is 4.58. The molecular formula is C23H15BrClN3O7S. The SMILES string of the molecule is COc1ccc(S(=O)(=O)Oc2ccc(/C=C(\C#N)C(=O)Nc3ccc(Cl)c([N+](=O)[O-])c3)cc2Br)cc1. The van der Waals surface area contributed by atoms with Crippen LogP contribution in [0, 0.1) is 21.4 Å². The summed E-state index contributed by atoms with van der Waals surface area (Å²) >= 11 is 8.99. The minimum absolute atomic E-state index is 0.0144. The van der Waals surface area contributed by atoms with E-state index in [1.54, 1.807) is 6.07 Å². The van der Waals surface area contributed by atoms with Gasteiger partial charge in [0.25, 0.3) is 11.6 Å². The second kappa shape index (κ2) is 11.2. The number of nitro benzene ring substituents is 1. The quantitative estimate of drug-likeness (QED) is 0.121. The molecule has 184 valence electrons. The second-order valence-corrected chi connectivity index (χ2v) is 9.76. The lowest BCUT2D eigenvalue weighted by molar-refractivity contribution is -0.384. The average Bonchev–Trinajstić information content (AvgIpc) is 2.85. The van der Waals surface area contributed by atoms with Crippen LogP contribution in [0.25, 0.3) is 6.08 Å². The summed E-state index contributed by atoms with van der Waals surface area (Å²) in [6.45, 7) is 0. The zero-order chi connectivity index (χ0) is 26.5. The Morgan fingerprint density at radius 1 is 1.17 bits per heavy atom. The van der Waals surface area contributed by atoms with Crippen molar-refractivity contribution >= 4 is 61.0 Å². The maximum Gasteiger partial charge on any atom is 0.339 e. The van der Waals surface area contributed by atoms with Crippen LogP contribution in [0.1, 0.15) is 5.56 Å². The Morgan fingerprint density at radius 2 is 1.86 bits per heavy atom. The van der Waals surface area contributed by atoms with E-state index in [0.717, 1.165) is 6.07 Å². The minimum Gasteiger partial charge on any atom is -0.497 e. The molecule has 0 saturated carbocycles. The van der Waals surface area contributed by atoms with Crippen LogP contribution in [0.15, 0.2) is 75.6 Å². The average molecular weight is 593 g/mol. The summed E-state index contributed by atoms with van der Waals surface area (Å²) in [4.78, 5) is 22.8. The Labute approximate surface area is 219 Å². The normalized spacial score (nSPS) is 11.3. The first-order chi connectivity index (χ1) is 17.0. The molecule has 0 saturated heterocycles. The molecule has 0 fully saturated rings. The van der Waals surface area contributed by atoms with Gasteiger partial charge < -0.3 is 14.2 Å². The van der Waals surface area contributed by atoms with Crippen molar-refractivity contribution in [1.29, 1.82) is 5.26 Å². The van der Waals surface area contributed by atoms with Crippen LogP contribution in [0.3, 0.4) is 0 Å². The lowest BCUT2D eigenvalue weighted by Crippen LogP contribution is -2.13. The van der Waals surface area contributed by atoms with Gasteiger partial charge in [-0.15, -0.1) is 0 Å². The van der Waals surface area contributed by atoms with Crippen molar-refractivity contribution in [3.8, 4) is 17.6 Å². The molecule has 3 rings (SSSR count). The predicted octanol–water partition coefficient (Wildman–Crippen LogP) is 5.33. The van der Waals surface area contributed by atoms with Crippen LogP contribution in [0.5, 0.6) is 11.5 Å². The van der Waals surface area contributed by atoms with Gasteiger partial charge in [-0.1, -0.05) is 17.7 Å². The number of nitrogens with one attached hydrogen (secondary N) is 1. The molecule has 0 radical (unpaired) electrons. The fourth-order valence-electron chi connectivity index (χ4n) is 2.83. The van der Waals surface area contributed by atoms with Crippen molar-refractivity contribution in [2.24, 2.45) is 0 Å². The molecule has 0 aromatic heterocycles. The van der Waals surface area contributed by atoms with Crippen molar-refractivity contribution in [3.63, 3.8) is 0 Å². The Kier molecular flexibility index (Phi) is 8.31. The highest BCUT2D eigenvalue weighted by Crippen LogP contribution is 2.31. The zero-order valence-electron chi connectivity index (χ0n) is 18.3. The number of ether oxygens (including phenoxy) is 1. The van der Waals surface area contributed by atoms with E-state index in [-0.39, 0.29) is 31.4 Å². The molecule has 3 aromatic carbocycles. The fraction of sp³-hybridized carbons (Fsp3) is 0.0435. The topological polar surface area (TPSA) is 149 Å². The van der Waals surface area contributed by atoms with E-state index < -0.39 is 26.6 Å². The van der Waals surface area contributed by atoms with Gasteiger partial charge >= 0.3 is 10.1 Å². The molecule has 0 aliphatic rings. The lowest BCUT2D eigenvalue weighted by atomic mass is 10.1.